The van der Waals surface area contributed by atoms with Crippen LogP contribution in [0.15, 0.2) is 48.5 Å². The van der Waals surface area contributed by atoms with Gasteiger partial charge < -0.3 is 20.3 Å². The quantitative estimate of drug-likeness (QED) is 0.269. The highest BCUT2D eigenvalue weighted by Crippen LogP contribution is 2.30. The van der Waals surface area contributed by atoms with E-state index in [0.29, 0.717) is 29.6 Å². The van der Waals surface area contributed by atoms with Crippen molar-refractivity contribution in [3.63, 3.8) is 0 Å². The van der Waals surface area contributed by atoms with E-state index < -0.39 is 6.36 Å². The van der Waals surface area contributed by atoms with Gasteiger partial charge >= 0.3 is 6.36 Å². The maximum absolute atomic E-state index is 12.7. The van der Waals surface area contributed by atoms with Crippen molar-refractivity contribution < 1.29 is 17.9 Å². The van der Waals surface area contributed by atoms with Gasteiger partial charge in [0.1, 0.15) is 11.6 Å². The van der Waals surface area contributed by atoms with E-state index in [9.17, 15) is 13.2 Å². The molecule has 2 aromatic heterocycles. The molecule has 0 saturated carbocycles. The number of hydrogen-bond donors (Lipinski definition) is 2. The molecule has 0 unspecified atom stereocenters. The molecular formula is C24H25F3N6OS. The van der Waals surface area contributed by atoms with Crippen LogP contribution < -0.4 is 15.4 Å². The molecule has 0 aliphatic carbocycles. The molecule has 2 aromatic carbocycles. The first-order valence-corrected chi connectivity index (χ1v) is 11.7. The van der Waals surface area contributed by atoms with Gasteiger partial charge in [0, 0.05) is 23.9 Å². The zero-order valence-corrected chi connectivity index (χ0v) is 20.3. The Hall–Kier alpha value is -3.44. The van der Waals surface area contributed by atoms with Gasteiger partial charge in [-0.15, -0.1) is 24.5 Å². The maximum Gasteiger partial charge on any atom is 0.573 e. The molecule has 0 aliphatic rings. The second kappa shape index (κ2) is 10.4. The Balaban J connectivity index is 1.64. The first-order chi connectivity index (χ1) is 16.6. The van der Waals surface area contributed by atoms with Crippen molar-refractivity contribution in [2.24, 2.45) is 0 Å². The summed E-state index contributed by atoms with van der Waals surface area (Å²) in [6.07, 6.45) is -3.90. The molecule has 0 amide bonds. The maximum atomic E-state index is 12.7. The van der Waals surface area contributed by atoms with Gasteiger partial charge in [-0.1, -0.05) is 12.1 Å². The first-order valence-electron chi connectivity index (χ1n) is 10.9. The molecule has 2 heterocycles. The average Bonchev–Trinajstić information content (AvgIpc) is 3.15. The minimum atomic E-state index is -4.77. The van der Waals surface area contributed by atoms with Gasteiger partial charge in [-0.3, -0.25) is 0 Å². The average molecular weight is 503 g/mol. The van der Waals surface area contributed by atoms with Gasteiger partial charge in [-0.25, -0.2) is 9.97 Å². The molecule has 11 heteroatoms. The Morgan fingerprint density at radius 1 is 1.03 bits per heavy atom. The summed E-state index contributed by atoms with van der Waals surface area (Å²) < 4.78 is 43.3. The number of halogens is 3. The number of benzene rings is 2. The van der Waals surface area contributed by atoms with Gasteiger partial charge in [0.2, 0.25) is 5.95 Å². The fraction of sp³-hybridized carbons (Fsp3) is 0.292. The predicted molar refractivity (Wildman–Crippen MR) is 133 cm³/mol. The van der Waals surface area contributed by atoms with Crippen LogP contribution in [0.4, 0.5) is 30.6 Å². The van der Waals surface area contributed by atoms with Crippen LogP contribution in [0.2, 0.25) is 0 Å². The number of aromatic nitrogens is 3. The SMILES string of the molecule is Cc1nc2cc(Nc3cc(-c4cccc(OC(F)(F)F)c4)nc(NCCCN(C)C)n3)ccc2s1. The molecule has 4 aromatic rings. The molecule has 0 saturated heterocycles. The van der Waals surface area contributed by atoms with Crippen LogP contribution in [-0.2, 0) is 0 Å². The highest BCUT2D eigenvalue weighted by Gasteiger charge is 2.31. The van der Waals surface area contributed by atoms with Crippen LogP contribution in [0.3, 0.4) is 0 Å². The topological polar surface area (TPSA) is 75.2 Å². The highest BCUT2D eigenvalue weighted by molar-refractivity contribution is 7.18. The number of aryl methyl sites for hydroxylation is 1. The van der Waals surface area contributed by atoms with E-state index in [4.69, 9.17) is 0 Å². The minimum absolute atomic E-state index is 0.312. The molecule has 184 valence electrons. The predicted octanol–water partition coefficient (Wildman–Crippen LogP) is 6.07. The van der Waals surface area contributed by atoms with Crippen molar-refractivity contribution in [1.29, 1.82) is 0 Å². The third-order valence-corrected chi connectivity index (χ3v) is 5.87. The summed E-state index contributed by atoms with van der Waals surface area (Å²) in [5.41, 5.74) is 2.60. The molecular weight excluding hydrogens is 477 g/mol. The molecule has 7 nitrogen and oxygen atoms in total. The lowest BCUT2D eigenvalue weighted by Crippen LogP contribution is -2.17. The third kappa shape index (κ3) is 7.03. The Morgan fingerprint density at radius 2 is 1.86 bits per heavy atom. The van der Waals surface area contributed by atoms with Crippen molar-refractivity contribution >= 4 is 39.0 Å². The van der Waals surface area contributed by atoms with E-state index in [1.165, 1.54) is 18.2 Å². The summed E-state index contributed by atoms with van der Waals surface area (Å²) in [5.74, 6) is 0.558. The number of alkyl halides is 3. The number of anilines is 3. The van der Waals surface area contributed by atoms with Gasteiger partial charge in [-0.05, 0) is 64.3 Å². The molecule has 0 spiro atoms. The van der Waals surface area contributed by atoms with E-state index in [2.05, 4.69) is 35.2 Å². The van der Waals surface area contributed by atoms with Crippen molar-refractivity contribution in [2.75, 3.05) is 37.8 Å². The van der Waals surface area contributed by atoms with Crippen LogP contribution in [0.1, 0.15) is 11.4 Å². The number of fused-ring (bicyclic) bond motifs is 1. The van der Waals surface area contributed by atoms with Crippen LogP contribution >= 0.6 is 11.3 Å². The normalized spacial score (nSPS) is 11.7. The Labute approximate surface area is 205 Å². The zero-order valence-electron chi connectivity index (χ0n) is 19.5. The van der Waals surface area contributed by atoms with E-state index in [0.717, 1.165) is 33.9 Å². The van der Waals surface area contributed by atoms with Crippen LogP contribution in [0.5, 0.6) is 5.75 Å². The fourth-order valence-electron chi connectivity index (χ4n) is 3.45. The highest BCUT2D eigenvalue weighted by atomic mass is 32.1. The molecule has 0 bridgehead atoms. The third-order valence-electron chi connectivity index (χ3n) is 4.92. The smallest absolute Gasteiger partial charge is 0.406 e. The first kappa shape index (κ1) is 24.7. The standard InChI is InChI=1S/C24H25F3N6OS/c1-15-29-20-13-17(8-9-21(20)35-15)30-22-14-19(31-23(32-22)28-10-5-11-33(2)3)16-6-4-7-18(12-16)34-24(25,26)27/h4,6-9,12-14H,5,10-11H2,1-3H3,(H2,28,30,31,32). The zero-order chi connectivity index (χ0) is 25.0. The molecule has 0 atom stereocenters. The Kier molecular flexibility index (Phi) is 7.37. The second-order valence-electron chi connectivity index (χ2n) is 8.16. The van der Waals surface area contributed by atoms with Crippen LogP contribution in [0.25, 0.3) is 21.5 Å². The van der Waals surface area contributed by atoms with E-state index in [1.54, 1.807) is 23.5 Å². The minimum Gasteiger partial charge on any atom is -0.406 e. The van der Waals surface area contributed by atoms with E-state index >= 15 is 0 Å². The second-order valence-corrected chi connectivity index (χ2v) is 9.40. The van der Waals surface area contributed by atoms with Crippen molar-refractivity contribution in [1.82, 2.24) is 19.9 Å². The monoisotopic (exact) mass is 502 g/mol. The number of ether oxygens (including phenoxy) is 1. The van der Waals surface area contributed by atoms with Gasteiger partial charge in [0.25, 0.3) is 0 Å². The van der Waals surface area contributed by atoms with Crippen molar-refractivity contribution in [2.45, 2.75) is 19.7 Å². The Morgan fingerprint density at radius 3 is 2.63 bits per heavy atom. The Bertz CT molecular complexity index is 1310. The molecule has 2 N–H and O–H groups in total. The lowest BCUT2D eigenvalue weighted by Gasteiger charge is -2.14. The summed E-state index contributed by atoms with van der Waals surface area (Å²) in [5, 5.41) is 7.46. The largest absolute Gasteiger partial charge is 0.573 e. The lowest BCUT2D eigenvalue weighted by atomic mass is 10.1. The van der Waals surface area contributed by atoms with E-state index in [-0.39, 0.29) is 5.75 Å². The van der Waals surface area contributed by atoms with Gasteiger partial charge in [0.05, 0.1) is 20.9 Å². The van der Waals surface area contributed by atoms with Crippen molar-refractivity contribution in [3.05, 3.63) is 53.5 Å². The van der Waals surface area contributed by atoms with E-state index in [1.807, 2.05) is 39.2 Å². The number of rotatable bonds is 9. The lowest BCUT2D eigenvalue weighted by molar-refractivity contribution is -0.274. The van der Waals surface area contributed by atoms with Gasteiger partial charge in [-0.2, -0.15) is 4.98 Å². The van der Waals surface area contributed by atoms with Crippen molar-refractivity contribution in [3.8, 4) is 17.0 Å². The number of nitrogens with one attached hydrogen (secondary N) is 2. The number of thiazole rings is 1. The summed E-state index contributed by atoms with van der Waals surface area (Å²) >= 11 is 1.62. The van der Waals surface area contributed by atoms with Gasteiger partial charge in [0.15, 0.2) is 0 Å². The number of hydrogen-bond acceptors (Lipinski definition) is 8. The summed E-state index contributed by atoms with van der Waals surface area (Å²) in [6.45, 7) is 3.49. The summed E-state index contributed by atoms with van der Waals surface area (Å²) in [4.78, 5) is 15.7. The fourth-order valence-corrected chi connectivity index (χ4v) is 4.26. The molecule has 35 heavy (non-hydrogen) atoms. The van der Waals surface area contributed by atoms with Crippen LogP contribution in [-0.4, -0.2) is 53.4 Å². The summed E-state index contributed by atoms with van der Waals surface area (Å²) in [6, 6.07) is 13.3. The summed E-state index contributed by atoms with van der Waals surface area (Å²) in [7, 11) is 3.99. The van der Waals surface area contributed by atoms with Crippen LogP contribution in [0, 0.1) is 6.92 Å². The number of nitrogens with zero attached hydrogens (tertiary/aromatic N) is 4. The molecule has 4 rings (SSSR count). The molecule has 0 aliphatic heterocycles. The molecule has 0 fully saturated rings. The molecule has 0 radical (unpaired) electrons.